The molecule has 1 saturated heterocycles. The van der Waals surface area contributed by atoms with E-state index in [0.29, 0.717) is 26.1 Å². The average Bonchev–Trinajstić information content (AvgIpc) is 2.88. The van der Waals surface area contributed by atoms with Crippen LogP contribution in [0, 0.1) is 5.92 Å². The highest BCUT2D eigenvalue weighted by Crippen LogP contribution is 2.20. The molecule has 0 saturated carbocycles. The maximum absolute atomic E-state index is 11.9. The molecule has 2 rings (SSSR count). The van der Waals surface area contributed by atoms with Crippen molar-refractivity contribution in [3.05, 3.63) is 35.4 Å². The molecule has 1 aromatic rings. The van der Waals surface area contributed by atoms with Crippen molar-refractivity contribution in [2.24, 2.45) is 17.4 Å². The van der Waals surface area contributed by atoms with Gasteiger partial charge in [0.25, 0.3) is 0 Å². The molecule has 0 bridgehead atoms. The highest BCUT2D eigenvalue weighted by Gasteiger charge is 2.38. The third-order valence-electron chi connectivity index (χ3n) is 3.48. The van der Waals surface area contributed by atoms with E-state index >= 15 is 0 Å². The number of nitrogens with two attached hydrogens (primary N) is 2. The van der Waals surface area contributed by atoms with Crippen LogP contribution in [0.25, 0.3) is 0 Å². The first kappa shape index (κ1) is 20.4. The number of primary amides is 1. The molecule has 0 aliphatic carbocycles. The van der Waals surface area contributed by atoms with Gasteiger partial charge in [-0.3, -0.25) is 9.59 Å². The number of nitrogens with zero attached hydrogens (tertiary/aromatic N) is 1. The molecule has 25 heavy (non-hydrogen) atoms. The van der Waals surface area contributed by atoms with Crippen molar-refractivity contribution in [1.82, 2.24) is 4.90 Å². The minimum atomic E-state index is -5.08. The predicted octanol–water partition coefficient (Wildman–Crippen LogP) is 0.612. The Bertz CT molecular complexity index is 649. The molecule has 2 amide bonds. The summed E-state index contributed by atoms with van der Waals surface area (Å²) in [5, 5.41) is 7.12. The largest absolute Gasteiger partial charge is 0.490 e. The number of likely N-dealkylation sites (tertiary alicyclic amines) is 1. The van der Waals surface area contributed by atoms with Gasteiger partial charge in [-0.1, -0.05) is 24.3 Å². The molecule has 1 heterocycles. The summed E-state index contributed by atoms with van der Waals surface area (Å²) < 4.78 is 31.7. The molecule has 138 valence electrons. The van der Waals surface area contributed by atoms with Crippen molar-refractivity contribution in [3.8, 4) is 0 Å². The summed E-state index contributed by atoms with van der Waals surface area (Å²) in [5.41, 5.74) is 12.8. The third kappa shape index (κ3) is 6.07. The molecule has 1 atom stereocenters. The Morgan fingerprint density at radius 3 is 2.28 bits per heavy atom. The second kappa shape index (κ2) is 8.47. The average molecular weight is 361 g/mol. The lowest BCUT2D eigenvalue weighted by Gasteiger charge is -2.16. The molecule has 1 aliphatic heterocycles. The third-order valence-corrected chi connectivity index (χ3v) is 3.48. The highest BCUT2D eigenvalue weighted by molar-refractivity contribution is 6.00. The normalized spacial score (nSPS) is 17.0. The quantitative estimate of drug-likeness (QED) is 0.677. The van der Waals surface area contributed by atoms with Crippen LogP contribution in [0.2, 0.25) is 0 Å². The van der Waals surface area contributed by atoms with E-state index in [9.17, 15) is 22.8 Å². The molecule has 1 aliphatic rings. The van der Waals surface area contributed by atoms with Crippen LogP contribution in [-0.4, -0.2) is 40.5 Å². The molecule has 5 N–H and O–H groups in total. The van der Waals surface area contributed by atoms with Gasteiger partial charge < -0.3 is 21.5 Å². The van der Waals surface area contributed by atoms with Crippen LogP contribution in [0.4, 0.5) is 13.2 Å². The number of carboxylic acid groups (broad SMARTS) is 1. The summed E-state index contributed by atoms with van der Waals surface area (Å²) in [6, 6.07) is 7.79. The Morgan fingerprint density at radius 2 is 1.84 bits per heavy atom. The lowest BCUT2D eigenvalue weighted by atomic mass is 10.1. The van der Waals surface area contributed by atoms with Gasteiger partial charge in [-0.2, -0.15) is 13.2 Å². The van der Waals surface area contributed by atoms with Crippen LogP contribution < -0.4 is 11.5 Å². The van der Waals surface area contributed by atoms with Crippen LogP contribution in [0.1, 0.15) is 17.5 Å². The predicted molar refractivity (Wildman–Crippen MR) is 80.7 cm³/mol. The van der Waals surface area contributed by atoms with Crippen LogP contribution in [0.3, 0.4) is 0 Å². The number of benzene rings is 1. The van der Waals surface area contributed by atoms with Gasteiger partial charge in [-0.05, 0) is 17.5 Å². The fourth-order valence-electron chi connectivity index (χ4n) is 2.24. The molecule has 0 aromatic heterocycles. The molecular formula is C15H18F3N3O4. The first-order valence-corrected chi connectivity index (χ1v) is 7.22. The Kier molecular flexibility index (Phi) is 6.92. The first-order valence-electron chi connectivity index (χ1n) is 7.22. The summed E-state index contributed by atoms with van der Waals surface area (Å²) in [6.45, 7) is 1.57. The molecular weight excluding hydrogens is 343 g/mol. The van der Waals surface area contributed by atoms with E-state index in [-0.39, 0.29) is 5.91 Å². The van der Waals surface area contributed by atoms with Gasteiger partial charge in [0.15, 0.2) is 0 Å². The molecule has 1 aromatic carbocycles. The van der Waals surface area contributed by atoms with Gasteiger partial charge in [0.05, 0.1) is 0 Å². The minimum absolute atomic E-state index is 0.166. The fourth-order valence-corrected chi connectivity index (χ4v) is 2.24. The number of rotatable bonds is 4. The zero-order valence-electron chi connectivity index (χ0n) is 13.1. The van der Waals surface area contributed by atoms with Crippen molar-refractivity contribution >= 4 is 17.8 Å². The lowest BCUT2D eigenvalue weighted by Crippen LogP contribution is -2.33. The van der Waals surface area contributed by atoms with Gasteiger partial charge in [0, 0.05) is 19.6 Å². The monoisotopic (exact) mass is 361 g/mol. The number of hydrogen-bond acceptors (Lipinski definition) is 4. The fraction of sp³-hybridized carbons (Fsp3) is 0.400. The van der Waals surface area contributed by atoms with Crippen LogP contribution in [0.5, 0.6) is 0 Å². The van der Waals surface area contributed by atoms with Gasteiger partial charge in [-0.15, -0.1) is 0 Å². The Morgan fingerprint density at radius 1 is 1.28 bits per heavy atom. The van der Waals surface area contributed by atoms with Gasteiger partial charge in [0.2, 0.25) is 11.8 Å². The summed E-state index contributed by atoms with van der Waals surface area (Å²) in [6.07, 6.45) is -4.56. The summed E-state index contributed by atoms with van der Waals surface area (Å²) in [4.78, 5) is 33.5. The van der Waals surface area contributed by atoms with E-state index in [2.05, 4.69) is 0 Å². The summed E-state index contributed by atoms with van der Waals surface area (Å²) in [7, 11) is 0. The number of carboxylic acids is 1. The van der Waals surface area contributed by atoms with Crippen LogP contribution >= 0.6 is 0 Å². The van der Waals surface area contributed by atoms with Crippen molar-refractivity contribution in [2.75, 3.05) is 6.54 Å². The Labute approximate surface area is 141 Å². The summed E-state index contributed by atoms with van der Waals surface area (Å²) >= 11 is 0. The number of aliphatic carboxylic acids is 1. The number of hydrogen-bond donors (Lipinski definition) is 3. The second-order valence-electron chi connectivity index (χ2n) is 5.33. The molecule has 1 fully saturated rings. The number of amides is 2. The Hall–Kier alpha value is -2.62. The minimum Gasteiger partial charge on any atom is -0.475 e. The molecule has 0 radical (unpaired) electrons. The van der Waals surface area contributed by atoms with Gasteiger partial charge in [-0.25, -0.2) is 4.79 Å². The Balaban J connectivity index is 0.000000381. The maximum atomic E-state index is 11.9. The van der Waals surface area contributed by atoms with E-state index in [4.69, 9.17) is 21.4 Å². The van der Waals surface area contributed by atoms with Crippen LogP contribution in [-0.2, 0) is 27.5 Å². The van der Waals surface area contributed by atoms with Crippen molar-refractivity contribution < 1.29 is 32.7 Å². The van der Waals surface area contributed by atoms with Gasteiger partial charge >= 0.3 is 12.1 Å². The zero-order chi connectivity index (χ0) is 19.2. The second-order valence-corrected chi connectivity index (χ2v) is 5.33. The SMILES string of the molecule is NCc1cccc(CN2CC[C@@H](C(N)=O)C2=O)c1.O=C(O)C(F)(F)F. The van der Waals surface area contributed by atoms with Crippen molar-refractivity contribution in [1.29, 1.82) is 0 Å². The molecule has 0 spiro atoms. The van der Waals surface area contributed by atoms with E-state index in [1.807, 2.05) is 24.3 Å². The van der Waals surface area contributed by atoms with E-state index in [1.165, 1.54) is 0 Å². The number of carbonyl (C=O) groups excluding carboxylic acids is 2. The van der Waals surface area contributed by atoms with Crippen molar-refractivity contribution in [3.63, 3.8) is 0 Å². The maximum Gasteiger partial charge on any atom is 0.490 e. The number of halogens is 3. The van der Waals surface area contributed by atoms with E-state index in [1.54, 1.807) is 4.90 Å². The number of alkyl halides is 3. The van der Waals surface area contributed by atoms with E-state index < -0.39 is 24.0 Å². The molecule has 7 nitrogen and oxygen atoms in total. The highest BCUT2D eigenvalue weighted by atomic mass is 19.4. The molecule has 10 heteroatoms. The standard InChI is InChI=1S/C13H17N3O2.C2HF3O2/c14-7-9-2-1-3-10(6-9)8-16-5-4-11(12(15)17)13(16)18;3-2(4,5)1(6)7/h1-3,6,11H,4-5,7-8,14H2,(H2,15,17);(H,6,7)/t11-;/m0./s1. The van der Waals surface area contributed by atoms with Crippen LogP contribution in [0.15, 0.2) is 24.3 Å². The van der Waals surface area contributed by atoms with Gasteiger partial charge in [0.1, 0.15) is 5.92 Å². The van der Waals surface area contributed by atoms with E-state index in [0.717, 1.165) is 11.1 Å². The van der Waals surface area contributed by atoms with Crippen molar-refractivity contribution in [2.45, 2.75) is 25.7 Å². The smallest absolute Gasteiger partial charge is 0.475 e. The lowest BCUT2D eigenvalue weighted by molar-refractivity contribution is -0.192. The first-order chi connectivity index (χ1) is 11.6. The topological polar surface area (TPSA) is 127 Å². The zero-order valence-corrected chi connectivity index (χ0v) is 13.1. The number of carbonyl (C=O) groups is 3. The summed E-state index contributed by atoms with van der Waals surface area (Å²) in [5.74, 6) is -4.10. The molecule has 0 unspecified atom stereocenters.